The molecule has 1 saturated heterocycles. The Hall–Kier alpha value is -2.44. The fraction of sp³-hybridized carbons (Fsp3) is 0.805. The van der Waals surface area contributed by atoms with Crippen molar-refractivity contribution in [1.82, 2.24) is 30.2 Å². The van der Waals surface area contributed by atoms with E-state index in [4.69, 9.17) is 19.5 Å². The molecule has 0 saturated carbocycles. The van der Waals surface area contributed by atoms with E-state index >= 15 is 0 Å². The molecule has 24 nitrogen and oxygen atoms in total. The van der Waals surface area contributed by atoms with Gasteiger partial charge in [0, 0.05) is 37.1 Å². The van der Waals surface area contributed by atoms with Crippen LogP contribution in [0.25, 0.3) is 11.2 Å². The minimum Gasteiger partial charge on any atom is -0.386 e. The van der Waals surface area contributed by atoms with Crippen LogP contribution in [0.15, 0.2) is 12.7 Å². The maximum Gasteiger partial charge on any atom is 0.481 e. The van der Waals surface area contributed by atoms with Gasteiger partial charge in [-0.2, -0.15) is 4.31 Å². The van der Waals surface area contributed by atoms with E-state index in [1.165, 1.54) is 104 Å². The Labute approximate surface area is 407 Å². The number of aliphatic hydroxyl groups is 2. The number of hydrogen-bond acceptors (Lipinski definition) is 18. The highest BCUT2D eigenvalue weighted by Crippen LogP contribution is 2.61. The molecule has 10 N–H and O–H groups in total. The van der Waals surface area contributed by atoms with Crippen molar-refractivity contribution in [2.45, 2.75) is 173 Å². The van der Waals surface area contributed by atoms with Crippen LogP contribution in [0.1, 0.15) is 149 Å². The number of aliphatic hydroxyl groups excluding tert-OH is 2. The molecule has 1 aliphatic rings. The lowest BCUT2D eigenvalue weighted by Gasteiger charge is -2.30. The molecule has 1 aliphatic heterocycles. The normalized spacial score (nSPS) is 19.8. The van der Waals surface area contributed by atoms with Crippen molar-refractivity contribution in [3.05, 3.63) is 12.7 Å². The topological polar surface area (TPSA) is 364 Å². The van der Waals surface area contributed by atoms with E-state index in [9.17, 15) is 57.9 Å². The highest BCUT2D eigenvalue weighted by molar-refractivity contribution is 8.13. The first-order valence-corrected chi connectivity index (χ1v) is 29.1. The third kappa shape index (κ3) is 23.3. The summed E-state index contributed by atoms with van der Waals surface area (Å²) in [7, 11) is -16.4. The quantitative estimate of drug-likeness (QED) is 0.0289. The molecule has 2 unspecified atom stereocenters. The number of phosphoric ester groups is 3. The van der Waals surface area contributed by atoms with Gasteiger partial charge in [0.15, 0.2) is 22.8 Å². The van der Waals surface area contributed by atoms with Crippen LogP contribution in [0.4, 0.5) is 5.82 Å². The Kier molecular flexibility index (Phi) is 27.0. The van der Waals surface area contributed by atoms with Crippen LogP contribution in [-0.4, -0.2) is 123 Å². The average Bonchev–Trinajstić information content (AvgIpc) is 3.84. The Morgan fingerprint density at radius 1 is 0.826 bits per heavy atom. The average molecular weight is 1060 g/mol. The van der Waals surface area contributed by atoms with Crippen LogP contribution < -0.4 is 16.4 Å². The van der Waals surface area contributed by atoms with Crippen molar-refractivity contribution < 1.29 is 80.5 Å². The minimum absolute atomic E-state index is 0.0342. The van der Waals surface area contributed by atoms with E-state index in [2.05, 4.69) is 41.3 Å². The van der Waals surface area contributed by atoms with E-state index in [1.807, 2.05) is 0 Å². The molecule has 28 heteroatoms. The number of anilines is 1. The summed E-state index contributed by atoms with van der Waals surface area (Å²) >= 11 is 1.16. The van der Waals surface area contributed by atoms with E-state index in [-0.39, 0.29) is 41.6 Å². The van der Waals surface area contributed by atoms with Gasteiger partial charge in [-0.05, 0) is 6.42 Å². The lowest BCUT2D eigenvalue weighted by atomic mass is 9.87. The van der Waals surface area contributed by atoms with Crippen molar-refractivity contribution in [2.75, 3.05) is 37.8 Å². The second-order valence-electron chi connectivity index (χ2n) is 17.7. The molecule has 0 aromatic carbocycles. The van der Waals surface area contributed by atoms with Crippen molar-refractivity contribution in [3.63, 3.8) is 0 Å². The lowest BCUT2D eigenvalue weighted by molar-refractivity contribution is -0.137. The molecule has 396 valence electrons. The first-order chi connectivity index (χ1) is 32.6. The third-order valence-electron chi connectivity index (χ3n) is 11.2. The van der Waals surface area contributed by atoms with Crippen LogP contribution in [-0.2, 0) is 50.7 Å². The number of rotatable bonds is 37. The molecule has 2 aromatic heterocycles. The van der Waals surface area contributed by atoms with E-state index in [0.717, 1.165) is 48.2 Å². The van der Waals surface area contributed by atoms with Crippen LogP contribution in [0.2, 0.25) is 0 Å². The van der Waals surface area contributed by atoms with E-state index in [1.54, 1.807) is 0 Å². The number of hydrogen-bond donors (Lipinski definition) is 9. The van der Waals surface area contributed by atoms with Crippen LogP contribution in [0.5, 0.6) is 0 Å². The van der Waals surface area contributed by atoms with Crippen LogP contribution in [0.3, 0.4) is 0 Å². The fourth-order valence-corrected chi connectivity index (χ4v) is 10.9. The van der Waals surface area contributed by atoms with Gasteiger partial charge in [-0.15, -0.1) is 0 Å². The Morgan fingerprint density at radius 3 is 1.97 bits per heavy atom. The van der Waals surface area contributed by atoms with Gasteiger partial charge in [0.2, 0.25) is 11.8 Å². The number of amides is 2. The number of fused-ring (bicyclic) bond motifs is 1. The zero-order valence-corrected chi connectivity index (χ0v) is 43.3. The molecule has 3 heterocycles. The minimum atomic E-state index is -5.57. The first kappa shape index (κ1) is 60.9. The molecule has 2 amide bonds. The fourth-order valence-electron chi connectivity index (χ4n) is 7.36. The monoisotopic (exact) mass is 1060 g/mol. The first-order valence-electron chi connectivity index (χ1n) is 23.6. The lowest BCUT2D eigenvalue weighted by Crippen LogP contribution is -2.46. The number of nitrogens with two attached hydrogens (primary N) is 1. The van der Waals surface area contributed by atoms with E-state index < -0.39 is 84.6 Å². The Balaban J connectivity index is 1.27. The largest absolute Gasteiger partial charge is 0.481 e. The van der Waals surface area contributed by atoms with Gasteiger partial charge in [-0.25, -0.2) is 28.6 Å². The summed E-state index contributed by atoms with van der Waals surface area (Å²) in [5, 5.41) is 26.7. The van der Waals surface area contributed by atoms with Crippen LogP contribution >= 0.6 is 35.2 Å². The number of ether oxygens (including phenoxy) is 1. The van der Waals surface area contributed by atoms with Crippen molar-refractivity contribution >= 4 is 69.1 Å². The van der Waals surface area contributed by atoms with Crippen LogP contribution in [0, 0.1) is 5.41 Å². The maximum atomic E-state index is 12.7. The summed E-state index contributed by atoms with van der Waals surface area (Å²) in [5.74, 6) is -1.01. The number of imidazole rings is 1. The summed E-state index contributed by atoms with van der Waals surface area (Å²) in [5.41, 5.74) is 4.29. The van der Waals surface area contributed by atoms with Gasteiger partial charge in [-0.1, -0.05) is 135 Å². The summed E-state index contributed by atoms with van der Waals surface area (Å²) in [6.07, 6.45) is 15.2. The predicted molar refractivity (Wildman–Crippen MR) is 256 cm³/mol. The number of phosphoric acid groups is 3. The number of aromatic nitrogens is 4. The molecule has 3 rings (SSSR count). The van der Waals surface area contributed by atoms with Gasteiger partial charge in [0.1, 0.15) is 36.3 Å². The van der Waals surface area contributed by atoms with Crippen molar-refractivity contribution in [1.29, 1.82) is 0 Å². The summed E-state index contributed by atoms with van der Waals surface area (Å²) in [6.45, 7) is 2.84. The highest BCUT2D eigenvalue weighted by atomic mass is 32.2. The number of thioether (sulfide) groups is 1. The van der Waals surface area contributed by atoms with Gasteiger partial charge in [0.25, 0.3) is 0 Å². The molecule has 0 aliphatic carbocycles. The van der Waals surface area contributed by atoms with Crippen molar-refractivity contribution in [2.24, 2.45) is 5.41 Å². The molecule has 1 fully saturated rings. The highest BCUT2D eigenvalue weighted by Gasteiger charge is 2.50. The van der Waals surface area contributed by atoms with Gasteiger partial charge in [-0.3, -0.25) is 32.5 Å². The smallest absolute Gasteiger partial charge is 0.386 e. The molecular formula is C41H74N7O17P3S. The van der Waals surface area contributed by atoms with Crippen molar-refractivity contribution in [3.8, 4) is 0 Å². The molecular weight excluding hydrogens is 987 g/mol. The number of carbonyl (C=O) groups is 3. The number of nitrogen functional groups attached to an aromatic ring is 1. The second-order valence-corrected chi connectivity index (χ2v) is 23.1. The van der Waals surface area contributed by atoms with Gasteiger partial charge < -0.3 is 50.9 Å². The summed E-state index contributed by atoms with van der Waals surface area (Å²) in [4.78, 5) is 88.5. The molecule has 7 atom stereocenters. The van der Waals surface area contributed by atoms with Gasteiger partial charge in [0.05, 0.1) is 19.5 Å². The summed E-state index contributed by atoms with van der Waals surface area (Å²) < 4.78 is 62.5. The number of carbonyl (C=O) groups excluding carboxylic acids is 3. The van der Waals surface area contributed by atoms with Gasteiger partial charge >= 0.3 is 23.5 Å². The maximum absolute atomic E-state index is 12.7. The Bertz CT molecular complexity index is 2030. The number of nitrogens with one attached hydrogen (secondary N) is 2. The summed E-state index contributed by atoms with van der Waals surface area (Å²) in [6, 6.07) is 0. The molecule has 0 bridgehead atoms. The second kappa shape index (κ2) is 30.6. The molecule has 69 heavy (non-hydrogen) atoms. The van der Waals surface area contributed by atoms with E-state index in [0.29, 0.717) is 12.2 Å². The third-order valence-corrected chi connectivity index (χ3v) is 15.3. The standard InChI is InChI=1S/C41H74N7O17P3S/c1-4-5-6-7-8-9-10-11-12-13-14-15-16-17-18-19-20-21-32(50)69-25-24-43-31(49)22-23-44-39(53)36(52)41(2,3)27-62-68(59,60)65-67(57,58)61-26-30-35(64-66(54,55)56)34(51)40(63-30)48-29-47-33-37(42)45-28-46-38(33)48/h28-30,34-36,40,51-52H,4-27H2,1-3H3,(H,43,49)(H,44,53)(H,57,58)(H,59,60)(H2,42,45,46)(H2,54,55,56)/t30-,34-,35+,36+,40-/m0/s1. The molecule has 0 radical (unpaired) electrons. The molecule has 2 aromatic rings. The number of unbranched alkanes of at least 4 members (excludes halogenated alkanes) is 16. The Morgan fingerprint density at radius 2 is 1.39 bits per heavy atom. The zero-order chi connectivity index (χ0) is 51.1. The molecule has 0 spiro atoms. The number of nitrogens with zero attached hydrogens (tertiary/aromatic N) is 4. The predicted octanol–water partition coefficient (Wildman–Crippen LogP) is 5.71. The SMILES string of the molecule is CCCCCCCCCCCCCCCCCCCC(=O)SCCNC(=O)CCNC(=O)[C@@H](O)C(C)(C)COP(=O)(O)OP(=O)(O)OC[C@@H]1O[C@H](n2cnc3c(N)ncnc32)[C@@H](O)[C@@H]1OP(=O)(O)O. The zero-order valence-electron chi connectivity index (χ0n) is 39.8.